The molecule has 2 aliphatic rings. The van der Waals surface area contributed by atoms with Gasteiger partial charge in [-0.3, -0.25) is 0 Å². The van der Waals surface area contributed by atoms with Crippen molar-refractivity contribution in [1.82, 2.24) is 0 Å². The molecule has 2 aliphatic carbocycles. The predicted molar refractivity (Wildman–Crippen MR) is 118 cm³/mol. The largest absolute Gasteiger partial charge is 0.109 e. The van der Waals surface area contributed by atoms with E-state index in [-0.39, 0.29) is 5.34 Å². The topological polar surface area (TPSA) is 0 Å². The van der Waals surface area contributed by atoms with E-state index in [1.807, 2.05) is 31.2 Å². The van der Waals surface area contributed by atoms with E-state index in [2.05, 4.69) is 26.7 Å². The van der Waals surface area contributed by atoms with Crippen LogP contribution >= 0.6 is 34.8 Å². The number of benzene rings is 1. The van der Waals surface area contributed by atoms with Gasteiger partial charge in [-0.2, -0.15) is 0 Å². The van der Waals surface area contributed by atoms with E-state index in [0.29, 0.717) is 0 Å². The van der Waals surface area contributed by atoms with Crippen molar-refractivity contribution in [3.8, 4) is 0 Å². The van der Waals surface area contributed by atoms with E-state index in [0.717, 1.165) is 17.0 Å². The summed E-state index contributed by atoms with van der Waals surface area (Å²) in [6.07, 6.45) is 18.5. The first-order valence-electron chi connectivity index (χ1n) is 9.24. The molecule has 0 amide bonds. The first-order valence-corrected chi connectivity index (χ1v) is 10.7. The van der Waals surface area contributed by atoms with Gasteiger partial charge in [0.1, 0.15) is 0 Å². The Morgan fingerprint density at radius 2 is 1.12 bits per heavy atom. The van der Waals surface area contributed by atoms with Crippen molar-refractivity contribution in [2.24, 2.45) is 0 Å². The first kappa shape index (κ1) is 27.3. The molecule has 25 heavy (non-hydrogen) atoms. The van der Waals surface area contributed by atoms with Gasteiger partial charge in [-0.1, -0.05) is 102 Å². The van der Waals surface area contributed by atoms with E-state index < -0.39 is 0 Å². The summed E-state index contributed by atoms with van der Waals surface area (Å²) in [6, 6.07) is 7.40. The molecule has 3 heteroatoms. The van der Waals surface area contributed by atoms with E-state index in [1.165, 1.54) is 57.8 Å². The zero-order chi connectivity index (χ0) is 19.2. The second kappa shape index (κ2) is 24.1. The molecule has 0 spiro atoms. The third kappa shape index (κ3) is 26.4. The van der Waals surface area contributed by atoms with Crippen LogP contribution in [0.3, 0.4) is 0 Å². The molecule has 1 aromatic carbocycles. The van der Waals surface area contributed by atoms with Gasteiger partial charge >= 0.3 is 0 Å². The lowest BCUT2D eigenvalue weighted by molar-refractivity contribution is 0.593. The van der Waals surface area contributed by atoms with Crippen molar-refractivity contribution in [3.63, 3.8) is 0 Å². The minimum Gasteiger partial charge on any atom is -0.109 e. The SMILES string of the molecule is ClCCl.[CH2]CC.[CH2]c1ccc(Cl)cc1.[CH]1CCCC1.[CH]1CCCCC1. The molecule has 0 saturated heterocycles. The lowest BCUT2D eigenvalue weighted by Crippen LogP contribution is -1.87. The summed E-state index contributed by atoms with van der Waals surface area (Å²) in [5.41, 5.74) is 0.995. The standard InChI is InChI=1S/C7H6Cl.C6H11.C5H9.C3H7.CH2Cl2/c1-6-2-4-7(8)5-3-6;1-2-4-6-5-3-1;1-2-4-5-3-1;1-3-2;2-1-3/h2-5H,1H2;1H,2-6H2;1H,2-5H2;1,3H2,2H3;1H2. The van der Waals surface area contributed by atoms with Gasteiger partial charge in [0.15, 0.2) is 0 Å². The monoisotopic (exact) mass is 404 g/mol. The highest BCUT2D eigenvalue weighted by atomic mass is 35.5. The Morgan fingerprint density at radius 1 is 0.800 bits per heavy atom. The van der Waals surface area contributed by atoms with Gasteiger partial charge in [0, 0.05) is 5.02 Å². The summed E-state index contributed by atoms with van der Waals surface area (Å²) in [4.78, 5) is 0. The normalized spacial score (nSPS) is 15.0. The third-order valence-electron chi connectivity index (χ3n) is 3.30. The number of rotatable bonds is 0. The summed E-state index contributed by atoms with van der Waals surface area (Å²) < 4.78 is 0. The molecule has 0 aromatic heterocycles. The van der Waals surface area contributed by atoms with Crippen LogP contribution in [0.15, 0.2) is 24.3 Å². The Labute approximate surface area is 172 Å². The molecule has 2 fully saturated rings. The summed E-state index contributed by atoms with van der Waals surface area (Å²) >= 11 is 15.1. The van der Waals surface area contributed by atoms with Crippen molar-refractivity contribution < 1.29 is 0 Å². The molecule has 0 aliphatic heterocycles. The summed E-state index contributed by atoms with van der Waals surface area (Å²) in [5.74, 6) is 0. The van der Waals surface area contributed by atoms with Crippen molar-refractivity contribution in [1.29, 1.82) is 0 Å². The average Bonchev–Trinajstić information content (AvgIpc) is 3.21. The van der Waals surface area contributed by atoms with Crippen molar-refractivity contribution in [3.05, 3.63) is 61.5 Å². The molecule has 0 unspecified atom stereocenters. The molecular formula is C22H35Cl3. The first-order chi connectivity index (χ1) is 12.1. The van der Waals surface area contributed by atoms with Crippen LogP contribution in [-0.4, -0.2) is 5.34 Å². The smallest absolute Gasteiger partial charge is 0.0967 e. The lowest BCUT2D eigenvalue weighted by atomic mass is 10.0. The number of alkyl halides is 2. The Hall–Kier alpha value is 0.0900. The summed E-state index contributed by atoms with van der Waals surface area (Å²) in [6.45, 7) is 9.20. The zero-order valence-electron chi connectivity index (χ0n) is 15.8. The van der Waals surface area contributed by atoms with Crippen molar-refractivity contribution in [2.75, 3.05) is 5.34 Å². The van der Waals surface area contributed by atoms with Gasteiger partial charge in [0.05, 0.1) is 5.34 Å². The fourth-order valence-electron chi connectivity index (χ4n) is 2.10. The second-order valence-electron chi connectivity index (χ2n) is 5.73. The predicted octanol–water partition coefficient (Wildman–Crippen LogP) is 9.09. The maximum atomic E-state index is 5.58. The maximum Gasteiger partial charge on any atom is 0.0967 e. The van der Waals surface area contributed by atoms with Crippen LogP contribution < -0.4 is 0 Å². The molecule has 0 bridgehead atoms. The van der Waals surface area contributed by atoms with Gasteiger partial charge in [-0.25, -0.2) is 0 Å². The molecule has 1 aromatic rings. The zero-order valence-corrected chi connectivity index (χ0v) is 18.1. The van der Waals surface area contributed by atoms with Crippen LogP contribution in [0.4, 0.5) is 0 Å². The lowest BCUT2D eigenvalue weighted by Gasteiger charge is -2.05. The Balaban J connectivity index is 0. The molecule has 0 nitrogen and oxygen atoms in total. The van der Waals surface area contributed by atoms with Crippen LogP contribution in [0.25, 0.3) is 0 Å². The minimum absolute atomic E-state index is 0.194. The highest BCUT2D eigenvalue weighted by molar-refractivity contribution is 6.40. The molecule has 3 rings (SSSR count). The maximum absolute atomic E-state index is 5.58. The molecule has 0 atom stereocenters. The molecule has 0 N–H and O–H groups in total. The Bertz CT molecular complexity index is 286. The van der Waals surface area contributed by atoms with Crippen molar-refractivity contribution >= 4 is 34.8 Å². The van der Waals surface area contributed by atoms with Gasteiger partial charge in [-0.05, 0) is 37.5 Å². The van der Waals surface area contributed by atoms with Gasteiger partial charge in [0.2, 0.25) is 0 Å². The van der Waals surface area contributed by atoms with Crippen LogP contribution in [0.5, 0.6) is 0 Å². The highest BCUT2D eigenvalue weighted by Crippen LogP contribution is 2.14. The molecular weight excluding hydrogens is 371 g/mol. The van der Waals surface area contributed by atoms with Crippen LogP contribution in [-0.2, 0) is 0 Å². The van der Waals surface area contributed by atoms with E-state index >= 15 is 0 Å². The number of halogens is 3. The molecule has 4 radical (unpaired) electrons. The highest BCUT2D eigenvalue weighted by Gasteiger charge is 1.96. The number of hydrogen-bond acceptors (Lipinski definition) is 0. The van der Waals surface area contributed by atoms with Gasteiger partial charge < -0.3 is 0 Å². The molecule has 2 saturated carbocycles. The Morgan fingerprint density at radius 3 is 1.28 bits per heavy atom. The van der Waals surface area contributed by atoms with Crippen molar-refractivity contribution in [2.45, 2.75) is 71.1 Å². The van der Waals surface area contributed by atoms with E-state index in [4.69, 9.17) is 34.8 Å². The van der Waals surface area contributed by atoms with Gasteiger partial charge in [0.25, 0.3) is 0 Å². The van der Waals surface area contributed by atoms with Crippen LogP contribution in [0.1, 0.15) is 76.7 Å². The number of hydrogen-bond donors (Lipinski definition) is 0. The Kier molecular flexibility index (Phi) is 26.3. The fraction of sp³-hybridized carbons (Fsp3) is 0.545. The second-order valence-corrected chi connectivity index (χ2v) is 6.97. The minimum atomic E-state index is 0.194. The van der Waals surface area contributed by atoms with Gasteiger partial charge in [-0.15, -0.1) is 23.2 Å². The summed E-state index contributed by atoms with van der Waals surface area (Å²) in [7, 11) is 0. The molecule has 0 heterocycles. The van der Waals surface area contributed by atoms with E-state index in [9.17, 15) is 0 Å². The van der Waals surface area contributed by atoms with Crippen LogP contribution in [0, 0.1) is 26.7 Å². The fourth-order valence-corrected chi connectivity index (χ4v) is 2.23. The average molecular weight is 406 g/mol. The summed E-state index contributed by atoms with van der Waals surface area (Å²) in [5, 5.41) is 0.956. The quantitative estimate of drug-likeness (QED) is 0.377. The van der Waals surface area contributed by atoms with Crippen LogP contribution in [0.2, 0.25) is 5.02 Å². The third-order valence-corrected chi connectivity index (χ3v) is 3.55. The molecule has 144 valence electrons. The van der Waals surface area contributed by atoms with E-state index in [1.54, 1.807) is 0 Å².